The van der Waals surface area contributed by atoms with E-state index in [1.165, 1.54) is 0 Å². The van der Waals surface area contributed by atoms with Crippen molar-refractivity contribution in [2.75, 3.05) is 0 Å². The molecule has 0 fully saturated rings. The van der Waals surface area contributed by atoms with Gasteiger partial charge in [0.25, 0.3) is 0 Å². The van der Waals surface area contributed by atoms with Crippen molar-refractivity contribution < 1.29 is 19.1 Å². The van der Waals surface area contributed by atoms with Crippen LogP contribution in [0.5, 0.6) is 11.5 Å². The van der Waals surface area contributed by atoms with Gasteiger partial charge in [0.1, 0.15) is 11.5 Å². The Morgan fingerprint density at radius 1 is 0.826 bits per heavy atom. The lowest BCUT2D eigenvalue weighted by Crippen LogP contribution is -2.09. The first-order chi connectivity index (χ1) is 11.2. The van der Waals surface area contributed by atoms with Crippen molar-refractivity contribution in [3.8, 4) is 11.5 Å². The lowest BCUT2D eigenvalue weighted by Gasteiger charge is -2.07. The van der Waals surface area contributed by atoms with Crippen LogP contribution in [0.2, 0.25) is 0 Å². The van der Waals surface area contributed by atoms with Gasteiger partial charge in [-0.1, -0.05) is 37.3 Å². The summed E-state index contributed by atoms with van der Waals surface area (Å²) >= 11 is 0. The Morgan fingerprint density at radius 3 is 2.22 bits per heavy atom. The van der Waals surface area contributed by atoms with Crippen molar-refractivity contribution in [3.05, 3.63) is 60.2 Å². The van der Waals surface area contributed by atoms with Crippen LogP contribution in [0.4, 0.5) is 0 Å². The van der Waals surface area contributed by atoms with Gasteiger partial charge in [0.2, 0.25) is 0 Å². The number of benzene rings is 2. The molecule has 0 aliphatic carbocycles. The minimum absolute atomic E-state index is 0.242. The highest BCUT2D eigenvalue weighted by Crippen LogP contribution is 2.16. The number of hydrogen-bond donors (Lipinski definition) is 0. The van der Waals surface area contributed by atoms with E-state index < -0.39 is 0 Å². The predicted molar refractivity (Wildman–Crippen MR) is 87.4 cm³/mol. The van der Waals surface area contributed by atoms with Gasteiger partial charge in [-0.3, -0.25) is 9.59 Å². The summed E-state index contributed by atoms with van der Waals surface area (Å²) in [4.78, 5) is 23.3. The molecule has 0 heterocycles. The van der Waals surface area contributed by atoms with Crippen LogP contribution < -0.4 is 9.47 Å². The highest BCUT2D eigenvalue weighted by atomic mass is 16.5. The van der Waals surface area contributed by atoms with Crippen molar-refractivity contribution in [1.29, 1.82) is 0 Å². The maximum atomic E-state index is 11.8. The smallest absolute Gasteiger partial charge is 0.311 e. The van der Waals surface area contributed by atoms with Gasteiger partial charge in [-0.25, -0.2) is 0 Å². The van der Waals surface area contributed by atoms with Crippen LogP contribution in [0, 0.1) is 0 Å². The molecule has 0 radical (unpaired) electrons. The van der Waals surface area contributed by atoms with E-state index in [-0.39, 0.29) is 18.4 Å². The Balaban J connectivity index is 1.85. The highest BCUT2D eigenvalue weighted by Gasteiger charge is 2.07. The maximum Gasteiger partial charge on any atom is 0.311 e. The normalized spacial score (nSPS) is 10.1. The first-order valence-corrected chi connectivity index (χ1v) is 7.72. The SMILES string of the molecule is CCCC(=O)Oc1cccc(CCC(=O)Oc2ccccc2)c1. The Kier molecular flexibility index (Phi) is 6.36. The van der Waals surface area contributed by atoms with Gasteiger partial charge in [-0.2, -0.15) is 0 Å². The highest BCUT2D eigenvalue weighted by molar-refractivity contribution is 5.73. The third kappa shape index (κ3) is 5.94. The van der Waals surface area contributed by atoms with Gasteiger partial charge in [-0.15, -0.1) is 0 Å². The van der Waals surface area contributed by atoms with Crippen molar-refractivity contribution in [1.82, 2.24) is 0 Å². The van der Waals surface area contributed by atoms with Crippen molar-refractivity contribution >= 4 is 11.9 Å². The molecule has 0 atom stereocenters. The van der Waals surface area contributed by atoms with E-state index in [2.05, 4.69) is 0 Å². The fourth-order valence-electron chi connectivity index (χ4n) is 2.07. The molecule has 2 aromatic carbocycles. The molecule has 0 saturated heterocycles. The number of rotatable bonds is 7. The third-order valence-corrected chi connectivity index (χ3v) is 3.18. The van der Waals surface area contributed by atoms with E-state index in [1.807, 2.05) is 37.3 Å². The van der Waals surface area contributed by atoms with Crippen LogP contribution in [0.3, 0.4) is 0 Å². The molecular weight excluding hydrogens is 292 g/mol. The summed E-state index contributed by atoms with van der Waals surface area (Å²) in [5.41, 5.74) is 0.928. The molecule has 0 N–H and O–H groups in total. The predicted octanol–water partition coefficient (Wildman–Crippen LogP) is 3.93. The lowest BCUT2D eigenvalue weighted by molar-refractivity contribution is -0.135. The molecule has 0 spiro atoms. The van der Waals surface area contributed by atoms with Gasteiger partial charge in [0.15, 0.2) is 0 Å². The molecule has 2 rings (SSSR count). The first-order valence-electron chi connectivity index (χ1n) is 7.72. The Bertz CT molecular complexity index is 649. The van der Waals surface area contributed by atoms with Crippen LogP contribution in [-0.4, -0.2) is 11.9 Å². The van der Waals surface area contributed by atoms with Crippen molar-refractivity contribution in [2.45, 2.75) is 32.6 Å². The summed E-state index contributed by atoms with van der Waals surface area (Å²) in [6, 6.07) is 16.2. The van der Waals surface area contributed by atoms with Crippen molar-refractivity contribution in [2.24, 2.45) is 0 Å². The molecule has 0 aliphatic rings. The van der Waals surface area contributed by atoms with Gasteiger partial charge in [0.05, 0.1) is 0 Å². The summed E-state index contributed by atoms with van der Waals surface area (Å²) in [5.74, 6) is 0.523. The van der Waals surface area contributed by atoms with E-state index in [0.717, 1.165) is 12.0 Å². The summed E-state index contributed by atoms with van der Waals surface area (Å²) in [6.07, 6.45) is 1.95. The molecule has 0 saturated carbocycles. The molecule has 0 aromatic heterocycles. The van der Waals surface area contributed by atoms with E-state index >= 15 is 0 Å². The third-order valence-electron chi connectivity index (χ3n) is 3.18. The summed E-state index contributed by atoms with van der Waals surface area (Å²) in [7, 11) is 0. The van der Waals surface area contributed by atoms with E-state index in [0.29, 0.717) is 24.3 Å². The quantitative estimate of drug-likeness (QED) is 0.574. The molecule has 0 amide bonds. The number of carbonyl (C=O) groups is 2. The zero-order valence-electron chi connectivity index (χ0n) is 13.2. The second kappa shape index (κ2) is 8.73. The summed E-state index contributed by atoms with van der Waals surface area (Å²) in [6.45, 7) is 1.93. The molecule has 4 heteroatoms. The fourth-order valence-corrected chi connectivity index (χ4v) is 2.07. The standard InChI is InChI=1S/C19H20O4/c1-2-7-18(20)23-17-11-6-8-15(14-17)12-13-19(21)22-16-9-4-3-5-10-16/h3-6,8-11,14H,2,7,12-13H2,1H3. The lowest BCUT2D eigenvalue weighted by atomic mass is 10.1. The number of esters is 2. The van der Waals surface area contributed by atoms with Crippen LogP contribution in [-0.2, 0) is 16.0 Å². The second-order valence-corrected chi connectivity index (χ2v) is 5.16. The molecule has 4 nitrogen and oxygen atoms in total. The van der Waals surface area contributed by atoms with E-state index in [9.17, 15) is 9.59 Å². The fraction of sp³-hybridized carbons (Fsp3) is 0.263. The topological polar surface area (TPSA) is 52.6 Å². The molecule has 0 unspecified atom stereocenters. The average molecular weight is 312 g/mol. The minimum atomic E-state index is -0.287. The number of ether oxygens (including phenoxy) is 2. The van der Waals surface area contributed by atoms with Gasteiger partial charge in [0, 0.05) is 12.8 Å². The van der Waals surface area contributed by atoms with Gasteiger partial charge < -0.3 is 9.47 Å². The maximum absolute atomic E-state index is 11.8. The van der Waals surface area contributed by atoms with Crippen LogP contribution in [0.1, 0.15) is 31.7 Å². The van der Waals surface area contributed by atoms with Gasteiger partial charge >= 0.3 is 11.9 Å². The Hall–Kier alpha value is -2.62. The molecule has 120 valence electrons. The number of carbonyl (C=O) groups excluding carboxylic acids is 2. The zero-order valence-corrected chi connectivity index (χ0v) is 13.2. The molecule has 0 aliphatic heterocycles. The van der Waals surface area contributed by atoms with Crippen LogP contribution >= 0.6 is 0 Å². The largest absolute Gasteiger partial charge is 0.427 e. The Morgan fingerprint density at radius 2 is 1.48 bits per heavy atom. The van der Waals surface area contributed by atoms with E-state index in [1.54, 1.807) is 24.3 Å². The molecular formula is C19H20O4. The molecule has 23 heavy (non-hydrogen) atoms. The van der Waals surface area contributed by atoms with Crippen LogP contribution in [0.25, 0.3) is 0 Å². The Labute approximate surface area is 136 Å². The summed E-state index contributed by atoms with van der Waals surface area (Å²) in [5, 5.41) is 0. The number of para-hydroxylation sites is 1. The minimum Gasteiger partial charge on any atom is -0.427 e. The number of aryl methyl sites for hydroxylation is 1. The molecule has 2 aromatic rings. The second-order valence-electron chi connectivity index (χ2n) is 5.16. The van der Waals surface area contributed by atoms with Crippen molar-refractivity contribution in [3.63, 3.8) is 0 Å². The average Bonchev–Trinajstić information content (AvgIpc) is 2.54. The van der Waals surface area contributed by atoms with Crippen LogP contribution in [0.15, 0.2) is 54.6 Å². The molecule has 0 bridgehead atoms. The van der Waals surface area contributed by atoms with Gasteiger partial charge in [-0.05, 0) is 42.7 Å². The zero-order chi connectivity index (χ0) is 16.5. The first kappa shape index (κ1) is 16.7. The summed E-state index contributed by atoms with van der Waals surface area (Å²) < 4.78 is 10.5. The number of hydrogen-bond acceptors (Lipinski definition) is 4. The monoisotopic (exact) mass is 312 g/mol. The van der Waals surface area contributed by atoms with E-state index in [4.69, 9.17) is 9.47 Å².